The topological polar surface area (TPSA) is 21.1 Å². The predicted octanol–water partition coefficient (Wildman–Crippen LogP) is 1.49. The van der Waals surface area contributed by atoms with Crippen molar-refractivity contribution in [3.63, 3.8) is 0 Å². The molecule has 0 aromatic carbocycles. The lowest BCUT2D eigenvalue weighted by Crippen LogP contribution is -2.14. The zero-order valence-corrected chi connectivity index (χ0v) is 8.75. The van der Waals surface area contributed by atoms with Gasteiger partial charge in [-0.3, -0.25) is 0 Å². The molecule has 1 unspecified atom stereocenters. The molecule has 1 aromatic rings. The van der Waals surface area contributed by atoms with Crippen molar-refractivity contribution in [2.75, 3.05) is 20.1 Å². The van der Waals surface area contributed by atoms with Crippen LogP contribution in [0.1, 0.15) is 18.0 Å². The second-order valence-electron chi connectivity index (χ2n) is 3.76. The standard InChI is InChI=1S/C9H14ClN3/c1-12-4-3-7(6-12)8-5-11-9(10)13(8)2/h5,7H,3-4,6H2,1-2H3. The third-order valence-corrected chi connectivity index (χ3v) is 3.13. The van der Waals surface area contributed by atoms with Crippen molar-refractivity contribution in [1.29, 1.82) is 0 Å². The average Bonchev–Trinajstić information content (AvgIpc) is 2.62. The van der Waals surface area contributed by atoms with Crippen molar-refractivity contribution in [2.45, 2.75) is 12.3 Å². The molecule has 0 radical (unpaired) electrons. The number of rotatable bonds is 1. The van der Waals surface area contributed by atoms with E-state index in [-0.39, 0.29) is 0 Å². The summed E-state index contributed by atoms with van der Waals surface area (Å²) in [5.41, 5.74) is 1.26. The van der Waals surface area contributed by atoms with E-state index in [1.807, 2.05) is 17.8 Å². The Morgan fingerprint density at radius 3 is 2.77 bits per heavy atom. The molecule has 1 aliphatic rings. The van der Waals surface area contributed by atoms with Gasteiger partial charge in [-0.1, -0.05) is 0 Å². The van der Waals surface area contributed by atoms with Crippen LogP contribution in [0.15, 0.2) is 6.20 Å². The Kier molecular flexibility index (Phi) is 2.30. The first-order chi connectivity index (χ1) is 6.18. The number of aromatic nitrogens is 2. The summed E-state index contributed by atoms with van der Waals surface area (Å²) >= 11 is 5.88. The molecule has 72 valence electrons. The van der Waals surface area contributed by atoms with Gasteiger partial charge in [-0.25, -0.2) is 4.98 Å². The molecule has 3 nitrogen and oxygen atoms in total. The molecule has 2 rings (SSSR count). The smallest absolute Gasteiger partial charge is 0.202 e. The van der Waals surface area contributed by atoms with Crippen LogP contribution in [0.3, 0.4) is 0 Å². The SMILES string of the molecule is CN1CCC(c2cnc(Cl)n2C)C1. The van der Waals surface area contributed by atoms with Crippen LogP contribution < -0.4 is 0 Å². The van der Waals surface area contributed by atoms with E-state index in [9.17, 15) is 0 Å². The van der Waals surface area contributed by atoms with Gasteiger partial charge in [-0.15, -0.1) is 0 Å². The molecule has 1 aromatic heterocycles. The highest BCUT2D eigenvalue weighted by Gasteiger charge is 2.23. The molecule has 1 atom stereocenters. The van der Waals surface area contributed by atoms with Gasteiger partial charge in [-0.05, 0) is 31.6 Å². The van der Waals surface area contributed by atoms with E-state index in [1.165, 1.54) is 18.7 Å². The van der Waals surface area contributed by atoms with Crippen molar-refractivity contribution >= 4 is 11.6 Å². The Labute approximate surface area is 83.3 Å². The molecule has 0 spiro atoms. The fraction of sp³-hybridized carbons (Fsp3) is 0.667. The fourth-order valence-electron chi connectivity index (χ4n) is 1.95. The average molecular weight is 200 g/mol. The van der Waals surface area contributed by atoms with Gasteiger partial charge in [0, 0.05) is 25.2 Å². The highest BCUT2D eigenvalue weighted by atomic mass is 35.5. The number of likely N-dealkylation sites (tertiary alicyclic amines) is 1. The second-order valence-corrected chi connectivity index (χ2v) is 4.10. The van der Waals surface area contributed by atoms with E-state index in [0.29, 0.717) is 11.2 Å². The van der Waals surface area contributed by atoms with Crippen molar-refractivity contribution in [1.82, 2.24) is 14.5 Å². The molecule has 0 aliphatic carbocycles. The highest BCUT2D eigenvalue weighted by molar-refractivity contribution is 6.28. The first-order valence-electron chi connectivity index (χ1n) is 4.54. The summed E-state index contributed by atoms with van der Waals surface area (Å²) in [4.78, 5) is 6.43. The maximum absolute atomic E-state index is 5.88. The third-order valence-electron chi connectivity index (χ3n) is 2.78. The zero-order valence-electron chi connectivity index (χ0n) is 8.00. The van der Waals surface area contributed by atoms with Gasteiger partial charge in [0.15, 0.2) is 0 Å². The van der Waals surface area contributed by atoms with Crippen LogP contribution in [0.5, 0.6) is 0 Å². The first-order valence-corrected chi connectivity index (χ1v) is 4.92. The second kappa shape index (κ2) is 3.31. The number of nitrogens with zero attached hydrogens (tertiary/aromatic N) is 3. The highest BCUT2D eigenvalue weighted by Crippen LogP contribution is 2.27. The van der Waals surface area contributed by atoms with E-state index in [0.717, 1.165) is 6.54 Å². The molecule has 0 amide bonds. The van der Waals surface area contributed by atoms with Crippen LogP contribution in [-0.2, 0) is 7.05 Å². The molecule has 0 saturated carbocycles. The number of hydrogen-bond acceptors (Lipinski definition) is 2. The zero-order chi connectivity index (χ0) is 9.42. The first kappa shape index (κ1) is 9.03. The molecule has 0 bridgehead atoms. The maximum Gasteiger partial charge on any atom is 0.202 e. The minimum Gasteiger partial charge on any atom is -0.322 e. The summed E-state index contributed by atoms with van der Waals surface area (Å²) in [5, 5.41) is 0.588. The summed E-state index contributed by atoms with van der Waals surface area (Å²) in [6, 6.07) is 0. The normalized spacial score (nSPS) is 24.1. The fourth-order valence-corrected chi connectivity index (χ4v) is 2.10. The van der Waals surface area contributed by atoms with E-state index in [2.05, 4.69) is 16.9 Å². The van der Waals surface area contributed by atoms with E-state index >= 15 is 0 Å². The van der Waals surface area contributed by atoms with Crippen LogP contribution in [0.25, 0.3) is 0 Å². The molecule has 1 aliphatic heterocycles. The van der Waals surface area contributed by atoms with Crippen LogP contribution in [-0.4, -0.2) is 34.6 Å². The van der Waals surface area contributed by atoms with Crippen LogP contribution in [0, 0.1) is 0 Å². The largest absolute Gasteiger partial charge is 0.322 e. The number of halogens is 1. The van der Waals surface area contributed by atoms with E-state index < -0.39 is 0 Å². The van der Waals surface area contributed by atoms with E-state index in [4.69, 9.17) is 11.6 Å². The van der Waals surface area contributed by atoms with Crippen molar-refractivity contribution in [3.8, 4) is 0 Å². The van der Waals surface area contributed by atoms with Gasteiger partial charge in [0.05, 0.1) is 6.20 Å². The summed E-state index contributed by atoms with van der Waals surface area (Å²) in [5.74, 6) is 0.606. The van der Waals surface area contributed by atoms with Gasteiger partial charge < -0.3 is 9.47 Å². The van der Waals surface area contributed by atoms with Crippen LogP contribution >= 0.6 is 11.6 Å². The van der Waals surface area contributed by atoms with Gasteiger partial charge in [-0.2, -0.15) is 0 Å². The van der Waals surface area contributed by atoms with Crippen molar-refractivity contribution in [2.24, 2.45) is 7.05 Å². The Balaban J connectivity index is 2.21. The molecule has 13 heavy (non-hydrogen) atoms. The van der Waals surface area contributed by atoms with E-state index in [1.54, 1.807) is 0 Å². The summed E-state index contributed by atoms with van der Waals surface area (Å²) < 4.78 is 1.98. The van der Waals surface area contributed by atoms with Gasteiger partial charge in [0.25, 0.3) is 0 Å². The third kappa shape index (κ3) is 1.58. The van der Waals surface area contributed by atoms with Gasteiger partial charge in [0.1, 0.15) is 0 Å². The number of imidazole rings is 1. The molecule has 4 heteroatoms. The molecular formula is C9H14ClN3. The summed E-state index contributed by atoms with van der Waals surface area (Å²) in [6.45, 7) is 2.29. The van der Waals surface area contributed by atoms with Crippen LogP contribution in [0.2, 0.25) is 5.28 Å². The lowest BCUT2D eigenvalue weighted by molar-refractivity contribution is 0.410. The molecule has 1 fully saturated rings. The molecule has 2 heterocycles. The lowest BCUT2D eigenvalue weighted by atomic mass is 10.1. The van der Waals surface area contributed by atoms with Gasteiger partial charge in [0.2, 0.25) is 5.28 Å². The summed E-state index contributed by atoms with van der Waals surface area (Å²) in [7, 11) is 4.13. The molecule has 0 N–H and O–H groups in total. The molecule has 1 saturated heterocycles. The van der Waals surface area contributed by atoms with Crippen molar-refractivity contribution in [3.05, 3.63) is 17.2 Å². The number of likely N-dealkylation sites (N-methyl/N-ethyl adjacent to an activating group) is 1. The number of hydrogen-bond donors (Lipinski definition) is 0. The van der Waals surface area contributed by atoms with Crippen LogP contribution in [0.4, 0.5) is 0 Å². The van der Waals surface area contributed by atoms with Gasteiger partial charge >= 0.3 is 0 Å². The maximum atomic E-state index is 5.88. The minimum atomic E-state index is 0.588. The minimum absolute atomic E-state index is 0.588. The Morgan fingerprint density at radius 1 is 1.54 bits per heavy atom. The van der Waals surface area contributed by atoms with Crippen molar-refractivity contribution < 1.29 is 0 Å². The Hall–Kier alpha value is -0.540. The predicted molar refractivity (Wildman–Crippen MR) is 53.1 cm³/mol. The molecular weight excluding hydrogens is 186 g/mol. The monoisotopic (exact) mass is 199 g/mol. The lowest BCUT2D eigenvalue weighted by Gasteiger charge is -2.10. The Morgan fingerprint density at radius 2 is 2.31 bits per heavy atom. The summed E-state index contributed by atoms with van der Waals surface area (Å²) in [6.07, 6.45) is 3.11. The Bertz CT molecular complexity index is 308. The quantitative estimate of drug-likeness (QED) is 0.684.